The molecule has 88 valence electrons. The normalized spacial score (nSPS) is 12.9. The summed E-state index contributed by atoms with van der Waals surface area (Å²) in [4.78, 5) is 15.6. The van der Waals surface area contributed by atoms with Crippen LogP contribution >= 0.6 is 11.3 Å². The molecule has 4 nitrogen and oxygen atoms in total. The minimum absolute atomic E-state index is 0.0358. The number of amides is 1. The summed E-state index contributed by atoms with van der Waals surface area (Å²) in [5.41, 5.74) is 0.787. The summed E-state index contributed by atoms with van der Waals surface area (Å²) in [5, 5.41) is 14.5. The van der Waals surface area contributed by atoms with Crippen LogP contribution in [0, 0.1) is 6.92 Å². The van der Waals surface area contributed by atoms with Gasteiger partial charge in [-0.25, -0.2) is 4.98 Å². The molecule has 0 aliphatic rings. The van der Waals surface area contributed by atoms with Crippen LogP contribution in [0.5, 0.6) is 0 Å². The van der Waals surface area contributed by atoms with Crippen molar-refractivity contribution in [2.45, 2.75) is 26.3 Å². The van der Waals surface area contributed by atoms with Gasteiger partial charge in [0.1, 0.15) is 0 Å². The van der Waals surface area contributed by atoms with Crippen molar-refractivity contribution in [1.29, 1.82) is 0 Å². The summed E-state index contributed by atoms with van der Waals surface area (Å²) in [6, 6.07) is -0.172. The molecule has 0 spiro atoms. The fraction of sp³-hybridized carbons (Fsp3) is 0.455. The maximum atomic E-state index is 11.4. The third kappa shape index (κ3) is 4.12. The van der Waals surface area contributed by atoms with Gasteiger partial charge in [0.15, 0.2) is 0 Å². The Morgan fingerprint density at radius 3 is 3.00 bits per heavy atom. The molecular weight excluding hydrogens is 224 g/mol. The molecule has 1 heterocycles. The van der Waals surface area contributed by atoms with Crippen molar-refractivity contribution < 1.29 is 9.90 Å². The molecule has 0 saturated heterocycles. The summed E-state index contributed by atoms with van der Waals surface area (Å²) >= 11 is 1.54. The molecule has 0 aliphatic heterocycles. The Bertz CT molecular complexity index is 370. The van der Waals surface area contributed by atoms with Gasteiger partial charge in [0, 0.05) is 11.5 Å². The van der Waals surface area contributed by atoms with E-state index in [1.54, 1.807) is 17.4 Å². The van der Waals surface area contributed by atoms with Gasteiger partial charge in [0.05, 0.1) is 23.4 Å². The van der Waals surface area contributed by atoms with Crippen molar-refractivity contribution in [2.24, 2.45) is 0 Å². The lowest BCUT2D eigenvalue weighted by Gasteiger charge is -2.11. The summed E-state index contributed by atoms with van der Waals surface area (Å²) in [5.74, 6) is -0.202. The zero-order valence-electron chi connectivity index (χ0n) is 9.43. The van der Waals surface area contributed by atoms with Crippen molar-refractivity contribution in [2.75, 3.05) is 6.61 Å². The highest BCUT2D eigenvalue weighted by molar-refractivity contribution is 7.09. The van der Waals surface area contributed by atoms with Crippen LogP contribution in [0.1, 0.15) is 24.0 Å². The summed E-state index contributed by atoms with van der Waals surface area (Å²) in [6.45, 7) is 3.79. The Morgan fingerprint density at radius 1 is 1.75 bits per heavy atom. The first-order valence-corrected chi connectivity index (χ1v) is 6.05. The molecule has 0 bridgehead atoms. The lowest BCUT2D eigenvalue weighted by atomic mass is 10.2. The molecule has 1 aromatic heterocycles. The predicted octanol–water partition coefficient (Wildman–Crippen LogP) is 1.35. The van der Waals surface area contributed by atoms with Gasteiger partial charge in [0.25, 0.3) is 0 Å². The Balaban J connectivity index is 2.48. The standard InChI is InChI=1S/C11H16N2O2S/c1-3-9(6-14)13-11(15)5-4-10-7-16-8(2)12-10/h4-5,7,9,14H,3,6H2,1-2H3,(H,13,15)/b5-4+. The molecule has 1 aromatic rings. The van der Waals surface area contributed by atoms with Gasteiger partial charge >= 0.3 is 0 Å². The first kappa shape index (κ1) is 12.9. The molecule has 1 unspecified atom stereocenters. The zero-order chi connectivity index (χ0) is 12.0. The number of carbonyl (C=O) groups excluding carboxylic acids is 1. The quantitative estimate of drug-likeness (QED) is 0.764. The van der Waals surface area contributed by atoms with Gasteiger partial charge in [-0.05, 0) is 19.4 Å². The molecule has 0 fully saturated rings. The number of hydrogen-bond acceptors (Lipinski definition) is 4. The number of rotatable bonds is 5. The highest BCUT2D eigenvalue weighted by atomic mass is 32.1. The SMILES string of the molecule is CCC(CO)NC(=O)/C=C/c1csc(C)n1. The molecular formula is C11H16N2O2S. The van der Waals surface area contributed by atoms with Gasteiger partial charge in [-0.3, -0.25) is 4.79 Å². The number of nitrogens with one attached hydrogen (secondary N) is 1. The highest BCUT2D eigenvalue weighted by Gasteiger charge is 2.05. The second-order valence-corrected chi connectivity index (χ2v) is 4.48. The first-order valence-electron chi connectivity index (χ1n) is 5.17. The van der Waals surface area contributed by atoms with Crippen molar-refractivity contribution >= 4 is 23.3 Å². The van der Waals surface area contributed by atoms with E-state index in [1.807, 2.05) is 19.2 Å². The van der Waals surface area contributed by atoms with Crippen LogP contribution in [-0.2, 0) is 4.79 Å². The molecule has 0 aromatic carbocycles. The van der Waals surface area contributed by atoms with Crippen molar-refractivity contribution in [3.05, 3.63) is 22.2 Å². The molecule has 16 heavy (non-hydrogen) atoms. The van der Waals surface area contributed by atoms with E-state index in [4.69, 9.17) is 5.11 Å². The van der Waals surface area contributed by atoms with Crippen LogP contribution in [0.15, 0.2) is 11.5 Å². The van der Waals surface area contributed by atoms with Crippen molar-refractivity contribution in [3.63, 3.8) is 0 Å². The minimum Gasteiger partial charge on any atom is -0.394 e. The number of hydrogen-bond donors (Lipinski definition) is 2. The average molecular weight is 240 g/mol. The fourth-order valence-electron chi connectivity index (χ4n) is 1.14. The Morgan fingerprint density at radius 2 is 2.50 bits per heavy atom. The van der Waals surface area contributed by atoms with Gasteiger partial charge < -0.3 is 10.4 Å². The number of thiazole rings is 1. The van der Waals surface area contributed by atoms with E-state index < -0.39 is 0 Å². The molecule has 0 saturated carbocycles. The lowest BCUT2D eigenvalue weighted by molar-refractivity contribution is -0.117. The van der Waals surface area contributed by atoms with Crippen molar-refractivity contribution in [3.8, 4) is 0 Å². The number of nitrogens with zero attached hydrogens (tertiary/aromatic N) is 1. The predicted molar refractivity (Wildman–Crippen MR) is 65.2 cm³/mol. The number of aliphatic hydroxyl groups is 1. The number of aryl methyl sites for hydroxylation is 1. The third-order valence-electron chi connectivity index (χ3n) is 2.10. The number of aromatic nitrogens is 1. The van der Waals surface area contributed by atoms with Crippen LogP contribution in [0.25, 0.3) is 6.08 Å². The maximum Gasteiger partial charge on any atom is 0.244 e. The number of aliphatic hydroxyl groups excluding tert-OH is 1. The molecule has 2 N–H and O–H groups in total. The highest BCUT2D eigenvalue weighted by Crippen LogP contribution is 2.08. The average Bonchev–Trinajstić information content (AvgIpc) is 2.69. The van der Waals surface area contributed by atoms with E-state index in [-0.39, 0.29) is 18.6 Å². The summed E-state index contributed by atoms with van der Waals surface area (Å²) in [7, 11) is 0. The van der Waals surface area contributed by atoms with Gasteiger partial charge in [-0.15, -0.1) is 11.3 Å². The smallest absolute Gasteiger partial charge is 0.244 e. The van der Waals surface area contributed by atoms with Crippen LogP contribution in [0.3, 0.4) is 0 Å². The largest absolute Gasteiger partial charge is 0.394 e. The fourth-order valence-corrected chi connectivity index (χ4v) is 1.72. The molecule has 5 heteroatoms. The van der Waals surface area contributed by atoms with Crippen LogP contribution in [0.4, 0.5) is 0 Å². The van der Waals surface area contributed by atoms with Crippen LogP contribution < -0.4 is 5.32 Å². The second-order valence-electron chi connectivity index (χ2n) is 3.42. The van der Waals surface area contributed by atoms with Gasteiger partial charge in [-0.1, -0.05) is 6.92 Å². The van der Waals surface area contributed by atoms with E-state index in [9.17, 15) is 4.79 Å². The number of carbonyl (C=O) groups is 1. The monoisotopic (exact) mass is 240 g/mol. The van der Waals surface area contributed by atoms with E-state index in [2.05, 4.69) is 10.3 Å². The van der Waals surface area contributed by atoms with Crippen molar-refractivity contribution in [1.82, 2.24) is 10.3 Å². The molecule has 1 atom stereocenters. The molecule has 1 rings (SSSR count). The zero-order valence-corrected chi connectivity index (χ0v) is 10.3. The maximum absolute atomic E-state index is 11.4. The van der Waals surface area contributed by atoms with Crippen LogP contribution in [0.2, 0.25) is 0 Å². The van der Waals surface area contributed by atoms with E-state index in [1.165, 1.54) is 6.08 Å². The lowest BCUT2D eigenvalue weighted by Crippen LogP contribution is -2.35. The van der Waals surface area contributed by atoms with E-state index in [0.717, 1.165) is 10.7 Å². The Labute approximate surface area is 99.0 Å². The van der Waals surface area contributed by atoms with E-state index in [0.29, 0.717) is 6.42 Å². The minimum atomic E-state index is -0.202. The van der Waals surface area contributed by atoms with Gasteiger partial charge in [-0.2, -0.15) is 0 Å². The molecule has 0 aliphatic carbocycles. The Kier molecular flexibility index (Phi) is 5.14. The van der Waals surface area contributed by atoms with E-state index >= 15 is 0 Å². The Hall–Kier alpha value is -1.20. The van der Waals surface area contributed by atoms with Gasteiger partial charge in [0.2, 0.25) is 5.91 Å². The molecule has 0 radical (unpaired) electrons. The van der Waals surface area contributed by atoms with Crippen LogP contribution in [-0.4, -0.2) is 28.6 Å². The molecule has 1 amide bonds. The topological polar surface area (TPSA) is 62.2 Å². The summed E-state index contributed by atoms with van der Waals surface area (Å²) in [6.07, 6.45) is 3.82. The summed E-state index contributed by atoms with van der Waals surface area (Å²) < 4.78 is 0. The third-order valence-corrected chi connectivity index (χ3v) is 2.89. The first-order chi connectivity index (χ1) is 7.65. The second kappa shape index (κ2) is 6.40.